The molecule has 2 atom stereocenters. The Balaban J connectivity index is 1.91. The molecule has 1 fully saturated rings. The van der Waals surface area contributed by atoms with Crippen LogP contribution in [0, 0.1) is 0 Å². The highest BCUT2D eigenvalue weighted by Crippen LogP contribution is 2.40. The summed E-state index contributed by atoms with van der Waals surface area (Å²) in [4.78, 5) is 10.9. The van der Waals surface area contributed by atoms with Crippen molar-refractivity contribution < 1.29 is 14.3 Å². The van der Waals surface area contributed by atoms with E-state index in [2.05, 4.69) is 4.74 Å². The van der Waals surface area contributed by atoms with Gasteiger partial charge in [-0.15, -0.1) is 0 Å². The minimum atomic E-state index is -0.214. The molecule has 14 heavy (non-hydrogen) atoms. The fourth-order valence-corrected chi connectivity index (χ4v) is 1.48. The highest BCUT2D eigenvalue weighted by molar-refractivity contribution is 5.70. The molecule has 0 saturated carbocycles. The first-order chi connectivity index (χ1) is 6.81. The highest BCUT2D eigenvalue weighted by Gasteiger charge is 2.41. The first-order valence-electron chi connectivity index (χ1n) is 4.58. The Labute approximate surface area is 82.6 Å². The zero-order valence-corrected chi connectivity index (χ0v) is 7.97. The number of carbonyl (C=O) groups is 1. The van der Waals surface area contributed by atoms with Gasteiger partial charge in [-0.1, -0.05) is 30.3 Å². The normalized spacial score (nSPS) is 24.4. The summed E-state index contributed by atoms with van der Waals surface area (Å²) in [5.74, 6) is -0.214. The molecule has 1 saturated heterocycles. The molecule has 1 aliphatic heterocycles. The standard InChI is InChI=1S/C11H12O3/c1-13-10(12)7-9-11(14-9)8-5-3-2-4-6-8/h2-6,9,11H,7H2,1H3/t9-,11+/m1/s1. The third kappa shape index (κ3) is 1.93. The molecule has 74 valence electrons. The molecule has 1 aromatic rings. The second kappa shape index (κ2) is 3.80. The molecule has 0 N–H and O–H groups in total. The molecule has 1 aromatic carbocycles. The van der Waals surface area contributed by atoms with Crippen molar-refractivity contribution in [2.75, 3.05) is 7.11 Å². The number of methoxy groups -OCH3 is 1. The predicted octanol–water partition coefficient (Wildman–Crippen LogP) is 1.69. The van der Waals surface area contributed by atoms with Crippen molar-refractivity contribution in [1.29, 1.82) is 0 Å². The van der Waals surface area contributed by atoms with Crippen LogP contribution < -0.4 is 0 Å². The molecule has 0 radical (unpaired) electrons. The summed E-state index contributed by atoms with van der Waals surface area (Å²) in [7, 11) is 1.39. The molecule has 0 unspecified atom stereocenters. The molecule has 0 spiro atoms. The molecule has 0 aliphatic carbocycles. The van der Waals surface area contributed by atoms with Crippen molar-refractivity contribution in [3.63, 3.8) is 0 Å². The second-order valence-corrected chi connectivity index (χ2v) is 3.29. The molecule has 0 aromatic heterocycles. The fraction of sp³-hybridized carbons (Fsp3) is 0.364. The number of hydrogen-bond donors (Lipinski definition) is 0. The van der Waals surface area contributed by atoms with Crippen LogP contribution in [-0.2, 0) is 14.3 Å². The zero-order valence-electron chi connectivity index (χ0n) is 7.97. The van der Waals surface area contributed by atoms with Gasteiger partial charge in [0.25, 0.3) is 0 Å². The molecule has 1 heterocycles. The van der Waals surface area contributed by atoms with Crippen LogP contribution in [0.5, 0.6) is 0 Å². The Bertz CT molecular complexity index is 321. The van der Waals surface area contributed by atoms with E-state index in [-0.39, 0.29) is 18.2 Å². The van der Waals surface area contributed by atoms with E-state index in [4.69, 9.17) is 4.74 Å². The van der Waals surface area contributed by atoms with Crippen molar-refractivity contribution in [2.24, 2.45) is 0 Å². The lowest BCUT2D eigenvalue weighted by molar-refractivity contribution is -0.140. The van der Waals surface area contributed by atoms with E-state index in [1.54, 1.807) is 0 Å². The summed E-state index contributed by atoms with van der Waals surface area (Å²) in [6.45, 7) is 0. The minimum absolute atomic E-state index is 0.00449. The van der Waals surface area contributed by atoms with Crippen molar-refractivity contribution in [3.05, 3.63) is 35.9 Å². The molecule has 3 heteroatoms. The van der Waals surface area contributed by atoms with Gasteiger partial charge in [-0.25, -0.2) is 0 Å². The monoisotopic (exact) mass is 192 g/mol. The van der Waals surface area contributed by atoms with Crippen molar-refractivity contribution in [2.45, 2.75) is 18.6 Å². The molecule has 2 rings (SSSR count). The topological polar surface area (TPSA) is 38.8 Å². The van der Waals surface area contributed by atoms with Gasteiger partial charge in [0.05, 0.1) is 19.6 Å². The predicted molar refractivity (Wildman–Crippen MR) is 50.7 cm³/mol. The largest absolute Gasteiger partial charge is 0.469 e. The number of epoxide rings is 1. The summed E-state index contributed by atoms with van der Waals surface area (Å²) >= 11 is 0. The minimum Gasteiger partial charge on any atom is -0.469 e. The Morgan fingerprint density at radius 3 is 2.79 bits per heavy atom. The van der Waals surface area contributed by atoms with Gasteiger partial charge >= 0.3 is 5.97 Å². The number of carbonyl (C=O) groups excluding carboxylic acids is 1. The third-order valence-electron chi connectivity index (χ3n) is 2.31. The number of ether oxygens (including phenoxy) is 2. The van der Waals surface area contributed by atoms with E-state index in [1.165, 1.54) is 7.11 Å². The molecular weight excluding hydrogens is 180 g/mol. The van der Waals surface area contributed by atoms with Crippen molar-refractivity contribution in [3.8, 4) is 0 Å². The van der Waals surface area contributed by atoms with Gasteiger partial charge in [0.1, 0.15) is 6.10 Å². The summed E-state index contributed by atoms with van der Waals surface area (Å²) in [6, 6.07) is 9.89. The number of rotatable bonds is 3. The molecule has 3 nitrogen and oxygen atoms in total. The van der Waals surface area contributed by atoms with Gasteiger partial charge in [-0.2, -0.15) is 0 Å². The van der Waals surface area contributed by atoms with E-state index >= 15 is 0 Å². The van der Waals surface area contributed by atoms with Crippen molar-refractivity contribution >= 4 is 5.97 Å². The highest BCUT2D eigenvalue weighted by atomic mass is 16.6. The van der Waals surface area contributed by atoms with Crippen LogP contribution >= 0.6 is 0 Å². The fourth-order valence-electron chi connectivity index (χ4n) is 1.48. The van der Waals surface area contributed by atoms with E-state index in [0.29, 0.717) is 6.42 Å². The number of esters is 1. The first kappa shape index (κ1) is 9.21. The average Bonchev–Trinajstić information content (AvgIpc) is 2.98. The van der Waals surface area contributed by atoms with E-state index < -0.39 is 0 Å². The maximum atomic E-state index is 10.9. The van der Waals surface area contributed by atoms with Gasteiger partial charge < -0.3 is 9.47 Å². The lowest BCUT2D eigenvalue weighted by Crippen LogP contribution is -2.04. The van der Waals surface area contributed by atoms with Crippen LogP contribution in [0.15, 0.2) is 30.3 Å². The molecule has 0 amide bonds. The molecule has 0 bridgehead atoms. The van der Waals surface area contributed by atoms with Gasteiger partial charge in [-0.3, -0.25) is 4.79 Å². The van der Waals surface area contributed by atoms with E-state index in [0.717, 1.165) is 5.56 Å². The quantitative estimate of drug-likeness (QED) is 0.540. The average molecular weight is 192 g/mol. The van der Waals surface area contributed by atoms with Crippen LogP contribution in [0.25, 0.3) is 0 Å². The lowest BCUT2D eigenvalue weighted by atomic mass is 10.1. The Morgan fingerprint density at radius 2 is 2.14 bits per heavy atom. The molecular formula is C11H12O3. The number of benzene rings is 1. The van der Waals surface area contributed by atoms with Crippen LogP contribution in [-0.4, -0.2) is 19.2 Å². The van der Waals surface area contributed by atoms with Crippen molar-refractivity contribution in [1.82, 2.24) is 0 Å². The summed E-state index contributed by atoms with van der Waals surface area (Å²) in [5.41, 5.74) is 1.13. The van der Waals surface area contributed by atoms with E-state index in [9.17, 15) is 4.79 Å². The lowest BCUT2D eigenvalue weighted by Gasteiger charge is -1.95. The smallest absolute Gasteiger partial charge is 0.308 e. The van der Waals surface area contributed by atoms with Gasteiger partial charge in [0, 0.05) is 0 Å². The van der Waals surface area contributed by atoms with Crippen LogP contribution in [0.1, 0.15) is 18.1 Å². The van der Waals surface area contributed by atoms with Gasteiger partial charge in [-0.05, 0) is 5.56 Å². The van der Waals surface area contributed by atoms with Crippen LogP contribution in [0.4, 0.5) is 0 Å². The zero-order chi connectivity index (χ0) is 9.97. The Kier molecular flexibility index (Phi) is 2.50. The van der Waals surface area contributed by atoms with Gasteiger partial charge in [0.15, 0.2) is 0 Å². The van der Waals surface area contributed by atoms with Crippen LogP contribution in [0.3, 0.4) is 0 Å². The SMILES string of the molecule is COC(=O)C[C@H]1O[C@H]1c1ccccc1. The first-order valence-corrected chi connectivity index (χ1v) is 4.58. The van der Waals surface area contributed by atoms with Gasteiger partial charge in [0.2, 0.25) is 0 Å². The third-order valence-corrected chi connectivity index (χ3v) is 2.31. The Hall–Kier alpha value is -1.35. The summed E-state index contributed by atoms with van der Waals surface area (Å²) in [5, 5.41) is 0. The number of hydrogen-bond acceptors (Lipinski definition) is 3. The second-order valence-electron chi connectivity index (χ2n) is 3.29. The van der Waals surface area contributed by atoms with Crippen LogP contribution in [0.2, 0.25) is 0 Å². The maximum absolute atomic E-state index is 10.9. The summed E-state index contributed by atoms with van der Waals surface area (Å²) in [6.07, 6.45) is 0.427. The Morgan fingerprint density at radius 1 is 1.43 bits per heavy atom. The maximum Gasteiger partial charge on any atom is 0.308 e. The van der Waals surface area contributed by atoms with E-state index in [1.807, 2.05) is 30.3 Å². The molecule has 1 aliphatic rings. The summed E-state index contributed by atoms with van der Waals surface area (Å²) < 4.78 is 9.94.